The second-order valence-corrected chi connectivity index (χ2v) is 6.17. The van der Waals surface area contributed by atoms with E-state index in [1.54, 1.807) is 0 Å². The number of benzene rings is 1. The van der Waals surface area contributed by atoms with E-state index in [2.05, 4.69) is 58.0 Å². The van der Waals surface area contributed by atoms with Crippen LogP contribution in [-0.2, 0) is 7.05 Å². The van der Waals surface area contributed by atoms with Crippen molar-refractivity contribution in [1.82, 2.24) is 9.88 Å². The third kappa shape index (κ3) is 1.90. The summed E-state index contributed by atoms with van der Waals surface area (Å²) in [5, 5.41) is 4.84. The Hall–Kier alpha value is -0.800. The quantitative estimate of drug-likeness (QED) is 0.850. The minimum absolute atomic E-state index is 0.711. The number of hydrogen-bond donors (Lipinski definition) is 1. The molecule has 0 atom stereocenters. The number of hydrogen-bond acceptors (Lipinski definition) is 1. The first-order chi connectivity index (χ1) is 8.68. The molecule has 1 N–H and O–H groups in total. The first-order valence-electron chi connectivity index (χ1n) is 6.63. The maximum atomic E-state index is 3.58. The maximum Gasteiger partial charge on any atom is 0.0483 e. The molecule has 1 fully saturated rings. The van der Waals surface area contributed by atoms with E-state index >= 15 is 0 Å². The van der Waals surface area contributed by atoms with Crippen molar-refractivity contribution < 1.29 is 0 Å². The van der Waals surface area contributed by atoms with E-state index in [0.29, 0.717) is 5.92 Å². The van der Waals surface area contributed by atoms with Crippen LogP contribution in [0.25, 0.3) is 10.9 Å². The van der Waals surface area contributed by atoms with Gasteiger partial charge < -0.3 is 9.88 Å². The Morgan fingerprint density at radius 3 is 2.72 bits per heavy atom. The van der Waals surface area contributed by atoms with Crippen molar-refractivity contribution >= 4 is 26.8 Å². The minimum Gasteiger partial charge on any atom is -0.347 e. The van der Waals surface area contributed by atoms with Crippen LogP contribution in [0.15, 0.2) is 22.7 Å². The molecule has 2 heterocycles. The summed E-state index contributed by atoms with van der Waals surface area (Å²) in [6.45, 7) is 4.57. The van der Waals surface area contributed by atoms with E-state index in [9.17, 15) is 0 Å². The molecule has 96 valence electrons. The van der Waals surface area contributed by atoms with Gasteiger partial charge in [0.25, 0.3) is 0 Å². The average molecular weight is 307 g/mol. The summed E-state index contributed by atoms with van der Waals surface area (Å²) in [6.07, 6.45) is 2.51. The number of aromatic nitrogens is 1. The van der Waals surface area contributed by atoms with Crippen LogP contribution < -0.4 is 5.32 Å². The van der Waals surface area contributed by atoms with Gasteiger partial charge in [0, 0.05) is 34.0 Å². The normalized spacial score (nSPS) is 17.5. The first kappa shape index (κ1) is 12.2. The number of aryl methyl sites for hydroxylation is 2. The van der Waals surface area contributed by atoms with Crippen molar-refractivity contribution in [3.63, 3.8) is 0 Å². The van der Waals surface area contributed by atoms with Crippen LogP contribution in [0.4, 0.5) is 0 Å². The molecule has 0 aliphatic carbocycles. The highest BCUT2D eigenvalue weighted by molar-refractivity contribution is 9.10. The molecule has 0 amide bonds. The van der Waals surface area contributed by atoms with E-state index in [-0.39, 0.29) is 0 Å². The lowest BCUT2D eigenvalue weighted by Crippen LogP contribution is -2.27. The standard InChI is InChI=1S/C15H19BrN2/c1-10-13-9-12(16)3-4-14(13)18(2)15(10)11-5-7-17-8-6-11/h3-4,9,11,17H,5-8H2,1-2H3. The van der Waals surface area contributed by atoms with Gasteiger partial charge in [0.1, 0.15) is 0 Å². The summed E-state index contributed by atoms with van der Waals surface area (Å²) in [4.78, 5) is 0. The van der Waals surface area contributed by atoms with Crippen molar-refractivity contribution in [3.8, 4) is 0 Å². The topological polar surface area (TPSA) is 17.0 Å². The lowest BCUT2D eigenvalue weighted by Gasteiger charge is -2.24. The molecular formula is C15H19BrN2. The molecule has 3 rings (SSSR count). The molecule has 1 saturated heterocycles. The number of fused-ring (bicyclic) bond motifs is 1. The molecule has 0 unspecified atom stereocenters. The van der Waals surface area contributed by atoms with Crippen LogP contribution in [0.5, 0.6) is 0 Å². The molecule has 1 aromatic carbocycles. The van der Waals surface area contributed by atoms with Crippen molar-refractivity contribution in [2.24, 2.45) is 7.05 Å². The lowest BCUT2D eigenvalue weighted by molar-refractivity contribution is 0.445. The zero-order chi connectivity index (χ0) is 12.7. The molecule has 0 saturated carbocycles. The van der Waals surface area contributed by atoms with Gasteiger partial charge in [-0.2, -0.15) is 0 Å². The summed E-state index contributed by atoms with van der Waals surface area (Å²) in [7, 11) is 2.21. The monoisotopic (exact) mass is 306 g/mol. The van der Waals surface area contributed by atoms with Crippen molar-refractivity contribution in [2.75, 3.05) is 13.1 Å². The van der Waals surface area contributed by atoms with E-state index in [4.69, 9.17) is 0 Å². The highest BCUT2D eigenvalue weighted by atomic mass is 79.9. The van der Waals surface area contributed by atoms with Gasteiger partial charge in [-0.25, -0.2) is 0 Å². The minimum atomic E-state index is 0.711. The molecule has 0 bridgehead atoms. The van der Waals surface area contributed by atoms with E-state index in [1.807, 2.05) is 0 Å². The highest BCUT2D eigenvalue weighted by Crippen LogP contribution is 2.35. The molecule has 1 aromatic heterocycles. The van der Waals surface area contributed by atoms with Gasteiger partial charge in [-0.3, -0.25) is 0 Å². The van der Waals surface area contributed by atoms with Crippen LogP contribution in [0.3, 0.4) is 0 Å². The molecule has 18 heavy (non-hydrogen) atoms. The van der Waals surface area contributed by atoms with E-state index in [1.165, 1.54) is 39.5 Å². The molecule has 0 spiro atoms. The molecule has 1 aliphatic rings. The highest BCUT2D eigenvalue weighted by Gasteiger charge is 2.22. The van der Waals surface area contributed by atoms with E-state index in [0.717, 1.165) is 13.1 Å². The van der Waals surface area contributed by atoms with Crippen LogP contribution >= 0.6 is 15.9 Å². The molecular weight excluding hydrogens is 288 g/mol. The fourth-order valence-corrected chi connectivity index (χ4v) is 3.66. The Balaban J connectivity index is 2.16. The van der Waals surface area contributed by atoms with Crippen LogP contribution in [0.2, 0.25) is 0 Å². The Morgan fingerprint density at radius 2 is 2.00 bits per heavy atom. The number of nitrogens with one attached hydrogen (secondary N) is 1. The lowest BCUT2D eigenvalue weighted by atomic mass is 9.92. The molecule has 2 aromatic rings. The third-order valence-electron chi connectivity index (χ3n) is 4.20. The Labute approximate surface area is 116 Å². The third-order valence-corrected chi connectivity index (χ3v) is 4.69. The summed E-state index contributed by atoms with van der Waals surface area (Å²) in [5.41, 5.74) is 4.34. The number of nitrogens with zero attached hydrogens (tertiary/aromatic N) is 1. The van der Waals surface area contributed by atoms with Crippen molar-refractivity contribution in [1.29, 1.82) is 0 Å². The number of piperidine rings is 1. The van der Waals surface area contributed by atoms with Crippen LogP contribution in [0.1, 0.15) is 30.0 Å². The predicted molar refractivity (Wildman–Crippen MR) is 80.2 cm³/mol. The maximum absolute atomic E-state index is 3.58. The average Bonchev–Trinajstić information content (AvgIpc) is 2.63. The smallest absolute Gasteiger partial charge is 0.0483 e. The van der Waals surface area contributed by atoms with Gasteiger partial charge in [0.2, 0.25) is 0 Å². The summed E-state index contributed by atoms with van der Waals surface area (Å²) in [5.74, 6) is 0.711. The van der Waals surface area contributed by atoms with Gasteiger partial charge in [0.15, 0.2) is 0 Å². The van der Waals surface area contributed by atoms with Gasteiger partial charge in [-0.05, 0) is 56.6 Å². The SMILES string of the molecule is Cc1c(C2CCNCC2)n(C)c2ccc(Br)cc12. The Bertz CT molecular complexity index is 580. The Morgan fingerprint density at radius 1 is 1.28 bits per heavy atom. The summed E-state index contributed by atoms with van der Waals surface area (Å²) < 4.78 is 3.56. The van der Waals surface area contributed by atoms with E-state index < -0.39 is 0 Å². The zero-order valence-corrected chi connectivity index (χ0v) is 12.5. The second-order valence-electron chi connectivity index (χ2n) is 5.26. The van der Waals surface area contributed by atoms with Gasteiger partial charge >= 0.3 is 0 Å². The van der Waals surface area contributed by atoms with Crippen molar-refractivity contribution in [3.05, 3.63) is 33.9 Å². The molecule has 0 radical (unpaired) electrons. The van der Waals surface area contributed by atoms with Crippen LogP contribution in [-0.4, -0.2) is 17.7 Å². The largest absolute Gasteiger partial charge is 0.347 e. The van der Waals surface area contributed by atoms with Gasteiger partial charge in [0.05, 0.1) is 0 Å². The Kier molecular flexibility index (Phi) is 3.20. The van der Waals surface area contributed by atoms with Crippen molar-refractivity contribution in [2.45, 2.75) is 25.7 Å². The molecule has 3 heteroatoms. The molecule has 2 nitrogen and oxygen atoms in total. The fraction of sp³-hybridized carbons (Fsp3) is 0.467. The first-order valence-corrected chi connectivity index (χ1v) is 7.43. The number of halogens is 1. The predicted octanol–water partition coefficient (Wildman–Crippen LogP) is 3.72. The fourth-order valence-electron chi connectivity index (χ4n) is 3.30. The molecule has 1 aliphatic heterocycles. The summed E-state index contributed by atoms with van der Waals surface area (Å²) in [6, 6.07) is 6.60. The van der Waals surface area contributed by atoms with Gasteiger partial charge in [-0.1, -0.05) is 15.9 Å². The second kappa shape index (κ2) is 4.71. The number of rotatable bonds is 1. The van der Waals surface area contributed by atoms with Crippen LogP contribution in [0, 0.1) is 6.92 Å². The zero-order valence-electron chi connectivity index (χ0n) is 11.0. The summed E-state index contributed by atoms with van der Waals surface area (Å²) >= 11 is 3.58. The van der Waals surface area contributed by atoms with Gasteiger partial charge in [-0.15, -0.1) is 0 Å².